The molecule has 0 atom stereocenters. The third kappa shape index (κ3) is 2.31. The van der Waals surface area contributed by atoms with Gasteiger partial charge < -0.3 is 15.1 Å². The Bertz CT molecular complexity index is 1650. The Balaban J connectivity index is 1.75. The minimum atomic E-state index is -0.957. The lowest BCUT2D eigenvalue weighted by molar-refractivity contribution is 0.0697. The molecule has 0 saturated heterocycles. The molecular formula is C24H14BN3O2. The molecule has 0 aliphatic heterocycles. The van der Waals surface area contributed by atoms with Gasteiger partial charge >= 0.3 is 5.97 Å². The molecule has 2 radical (unpaired) electrons. The predicted molar refractivity (Wildman–Crippen MR) is 121 cm³/mol. The number of aromatic amines is 2. The van der Waals surface area contributed by atoms with Crippen LogP contribution >= 0.6 is 0 Å². The highest BCUT2D eigenvalue weighted by Gasteiger charge is 2.17. The van der Waals surface area contributed by atoms with Gasteiger partial charge in [0, 0.05) is 33.4 Å². The van der Waals surface area contributed by atoms with Crippen LogP contribution in [-0.4, -0.2) is 33.9 Å². The largest absolute Gasteiger partial charge is 0.478 e. The van der Waals surface area contributed by atoms with Gasteiger partial charge in [0.25, 0.3) is 0 Å². The summed E-state index contributed by atoms with van der Waals surface area (Å²) in [5, 5.41) is 14.3. The van der Waals surface area contributed by atoms with E-state index >= 15 is 0 Å². The SMILES string of the molecule is [B]c1ccc2[nH]cc(-c3nc4c5cc(C(=O)O)ccc5c5ccccc5c4[nH]3)c2c1. The average molecular weight is 387 g/mol. The van der Waals surface area contributed by atoms with Crippen molar-refractivity contribution in [3.05, 3.63) is 72.4 Å². The molecule has 2 heterocycles. The van der Waals surface area contributed by atoms with E-state index in [1.807, 2.05) is 48.7 Å². The quantitative estimate of drug-likeness (QED) is 0.302. The summed E-state index contributed by atoms with van der Waals surface area (Å²) in [5.41, 5.74) is 4.45. The summed E-state index contributed by atoms with van der Waals surface area (Å²) in [7, 11) is 6.00. The number of rotatable bonds is 2. The van der Waals surface area contributed by atoms with E-state index in [0.717, 1.165) is 49.0 Å². The molecule has 2 aromatic heterocycles. The molecule has 5 nitrogen and oxygen atoms in total. The molecule has 0 saturated carbocycles. The van der Waals surface area contributed by atoms with Gasteiger partial charge in [0.05, 0.1) is 16.6 Å². The van der Waals surface area contributed by atoms with Crippen LogP contribution in [0.15, 0.2) is 66.9 Å². The second-order valence-electron chi connectivity index (χ2n) is 7.43. The van der Waals surface area contributed by atoms with E-state index in [1.54, 1.807) is 12.1 Å². The van der Waals surface area contributed by atoms with Crippen molar-refractivity contribution in [3.63, 3.8) is 0 Å². The lowest BCUT2D eigenvalue weighted by Crippen LogP contribution is -1.99. The summed E-state index contributed by atoms with van der Waals surface area (Å²) in [6, 6.07) is 19.0. The molecule has 6 heteroatoms. The molecule has 4 aromatic carbocycles. The number of carboxylic acids is 1. The van der Waals surface area contributed by atoms with Crippen LogP contribution in [0.25, 0.3) is 54.9 Å². The number of benzene rings is 4. The van der Waals surface area contributed by atoms with E-state index in [1.165, 1.54) is 0 Å². The second kappa shape index (κ2) is 5.97. The fourth-order valence-electron chi connectivity index (χ4n) is 4.27. The van der Waals surface area contributed by atoms with Crippen molar-refractivity contribution < 1.29 is 9.90 Å². The first kappa shape index (κ1) is 16.9. The van der Waals surface area contributed by atoms with Crippen molar-refractivity contribution in [1.82, 2.24) is 15.0 Å². The first-order valence-corrected chi connectivity index (χ1v) is 9.54. The number of nitrogens with one attached hydrogen (secondary N) is 2. The number of carbonyl (C=O) groups is 1. The maximum Gasteiger partial charge on any atom is 0.335 e. The van der Waals surface area contributed by atoms with Crippen LogP contribution in [0.5, 0.6) is 0 Å². The summed E-state index contributed by atoms with van der Waals surface area (Å²) in [6.07, 6.45) is 1.91. The summed E-state index contributed by atoms with van der Waals surface area (Å²) in [6.45, 7) is 0. The number of carboxylic acid groups (broad SMARTS) is 1. The van der Waals surface area contributed by atoms with Gasteiger partial charge in [-0.15, -0.1) is 0 Å². The summed E-state index contributed by atoms with van der Waals surface area (Å²) in [5.74, 6) is -0.249. The molecule has 0 aliphatic rings. The molecule has 0 spiro atoms. The molecule has 0 aliphatic carbocycles. The van der Waals surface area contributed by atoms with E-state index in [-0.39, 0.29) is 5.56 Å². The van der Waals surface area contributed by atoms with Crippen molar-refractivity contribution in [3.8, 4) is 11.4 Å². The van der Waals surface area contributed by atoms with Gasteiger partial charge in [-0.3, -0.25) is 0 Å². The van der Waals surface area contributed by atoms with Crippen LogP contribution < -0.4 is 5.46 Å². The van der Waals surface area contributed by atoms with Crippen LogP contribution in [-0.2, 0) is 0 Å². The Morgan fingerprint density at radius 1 is 0.900 bits per heavy atom. The molecular weight excluding hydrogens is 373 g/mol. The van der Waals surface area contributed by atoms with E-state index in [9.17, 15) is 9.90 Å². The van der Waals surface area contributed by atoms with Crippen LogP contribution in [0.1, 0.15) is 10.4 Å². The second-order valence-corrected chi connectivity index (χ2v) is 7.43. The highest BCUT2D eigenvalue weighted by molar-refractivity contribution is 6.33. The molecule has 6 rings (SSSR count). The Labute approximate surface area is 171 Å². The minimum Gasteiger partial charge on any atom is -0.478 e. The fourth-order valence-corrected chi connectivity index (χ4v) is 4.27. The monoisotopic (exact) mass is 387 g/mol. The number of aromatic nitrogens is 3. The number of nitrogens with zero attached hydrogens (tertiary/aromatic N) is 1. The van der Waals surface area contributed by atoms with E-state index < -0.39 is 5.97 Å². The maximum atomic E-state index is 11.6. The molecule has 6 aromatic rings. The van der Waals surface area contributed by atoms with E-state index in [2.05, 4.69) is 16.0 Å². The molecule has 30 heavy (non-hydrogen) atoms. The average Bonchev–Trinajstić information content (AvgIpc) is 3.37. The van der Waals surface area contributed by atoms with Gasteiger partial charge in [-0.1, -0.05) is 47.9 Å². The van der Waals surface area contributed by atoms with E-state index in [4.69, 9.17) is 12.8 Å². The van der Waals surface area contributed by atoms with E-state index in [0.29, 0.717) is 11.3 Å². The summed E-state index contributed by atoms with van der Waals surface area (Å²) >= 11 is 0. The zero-order valence-corrected chi connectivity index (χ0v) is 15.7. The van der Waals surface area contributed by atoms with Gasteiger partial charge in [0.1, 0.15) is 13.7 Å². The normalized spacial score (nSPS) is 11.7. The lowest BCUT2D eigenvalue weighted by Gasteiger charge is -2.06. The topological polar surface area (TPSA) is 81.8 Å². The predicted octanol–water partition coefficient (Wildman–Crippen LogP) is 4.51. The minimum absolute atomic E-state index is 0.239. The zero-order chi connectivity index (χ0) is 20.4. The van der Waals surface area contributed by atoms with Crippen molar-refractivity contribution in [1.29, 1.82) is 0 Å². The zero-order valence-electron chi connectivity index (χ0n) is 15.7. The smallest absolute Gasteiger partial charge is 0.335 e. The number of imidazole rings is 1. The molecule has 0 unspecified atom stereocenters. The highest BCUT2D eigenvalue weighted by atomic mass is 16.4. The first-order valence-electron chi connectivity index (χ1n) is 9.54. The van der Waals surface area contributed by atoms with Crippen molar-refractivity contribution in [2.45, 2.75) is 0 Å². The van der Waals surface area contributed by atoms with Crippen LogP contribution in [0.4, 0.5) is 0 Å². The van der Waals surface area contributed by atoms with Crippen LogP contribution in [0, 0.1) is 0 Å². The lowest BCUT2D eigenvalue weighted by atomic mass is 9.94. The number of hydrogen-bond acceptors (Lipinski definition) is 2. The fraction of sp³-hybridized carbons (Fsp3) is 0. The Kier molecular flexibility index (Phi) is 3.36. The molecule has 0 amide bonds. The number of hydrogen-bond donors (Lipinski definition) is 3. The Morgan fingerprint density at radius 3 is 2.53 bits per heavy atom. The van der Waals surface area contributed by atoms with Gasteiger partial charge in [0.15, 0.2) is 0 Å². The third-order valence-corrected chi connectivity index (χ3v) is 5.67. The van der Waals surface area contributed by atoms with Crippen molar-refractivity contribution in [2.24, 2.45) is 0 Å². The van der Waals surface area contributed by atoms with Crippen molar-refractivity contribution >= 4 is 62.8 Å². The molecule has 0 fully saturated rings. The van der Waals surface area contributed by atoms with Gasteiger partial charge in [-0.05, 0) is 29.0 Å². The molecule has 140 valence electrons. The first-order chi connectivity index (χ1) is 14.6. The van der Waals surface area contributed by atoms with Gasteiger partial charge in [-0.2, -0.15) is 0 Å². The van der Waals surface area contributed by atoms with Gasteiger partial charge in [0.2, 0.25) is 0 Å². The molecule has 3 N–H and O–H groups in total. The van der Waals surface area contributed by atoms with Crippen LogP contribution in [0.3, 0.4) is 0 Å². The summed E-state index contributed by atoms with van der Waals surface area (Å²) < 4.78 is 0. The number of aromatic carboxylic acids is 1. The Morgan fingerprint density at radius 2 is 1.70 bits per heavy atom. The molecule has 0 bridgehead atoms. The number of H-pyrrole nitrogens is 2. The maximum absolute atomic E-state index is 11.6. The standard InChI is InChI=1S/C24H14BN3O2/c25-13-6-8-20-17(10-13)19(11-26-20)23-27-21-16-4-2-1-3-14(16)15-7-5-12(24(29)30)9-18(15)22(21)28-23/h1-11,26H,(H,27,28)(H,29,30). The Hall–Kier alpha value is -4.06. The van der Waals surface area contributed by atoms with Gasteiger partial charge in [-0.25, -0.2) is 9.78 Å². The highest BCUT2D eigenvalue weighted by Crippen LogP contribution is 2.36. The van der Waals surface area contributed by atoms with Crippen molar-refractivity contribution in [2.75, 3.05) is 0 Å². The number of fused-ring (bicyclic) bond motifs is 7. The summed E-state index contributed by atoms with van der Waals surface area (Å²) in [4.78, 5) is 23.2. The third-order valence-electron chi connectivity index (χ3n) is 5.67. The van der Waals surface area contributed by atoms with Crippen LogP contribution in [0.2, 0.25) is 0 Å².